The Morgan fingerprint density at radius 1 is 1.33 bits per heavy atom. The van der Waals surface area contributed by atoms with Gasteiger partial charge in [-0.1, -0.05) is 19.4 Å². The van der Waals surface area contributed by atoms with Crippen LogP contribution in [-0.4, -0.2) is 43.0 Å². The molecule has 1 saturated heterocycles. The Bertz CT molecular complexity index is 816. The number of piperidine rings is 1. The number of rotatable bonds is 3. The molecule has 0 aromatic heterocycles. The third kappa shape index (κ3) is 1.95. The maximum Gasteiger partial charge on any atom is 0.177 e. The van der Waals surface area contributed by atoms with E-state index in [9.17, 15) is 4.79 Å². The number of Topliss-reactive ketones (excluding diaryl/α,β-unsaturated/α-hetero) is 1. The third-order valence-electron chi connectivity index (χ3n) is 8.50. The molecule has 2 heterocycles. The van der Waals surface area contributed by atoms with Gasteiger partial charge < -0.3 is 9.47 Å². The van der Waals surface area contributed by atoms with Crippen LogP contribution in [0.1, 0.15) is 50.2 Å². The number of hydrogen-bond donors (Lipinski definition) is 0. The fraction of sp³-hybridized carbons (Fsp3) is 0.696. The van der Waals surface area contributed by atoms with E-state index in [1.54, 1.807) is 7.11 Å². The summed E-state index contributed by atoms with van der Waals surface area (Å²) in [5.74, 6) is 3.50. The number of hydrogen-bond acceptors (Lipinski definition) is 4. The standard InChI is InChI=1S/C23H29NO3/c1-13-10-16-17-11-15-6-7-18(26-2)21-19(15)23(16,22(27-21)20(13)25)8-9-24(17)12-14-4-3-5-14/h6-7,13-14,16-17,22H,3-5,8-12H2,1-2H3/t13-,16?,17?,22?,23?/m0/s1. The minimum Gasteiger partial charge on any atom is -0.493 e. The van der Waals surface area contributed by atoms with Crippen LogP contribution in [0.2, 0.25) is 0 Å². The highest BCUT2D eigenvalue weighted by Crippen LogP contribution is 2.64. The van der Waals surface area contributed by atoms with Gasteiger partial charge in [-0.15, -0.1) is 0 Å². The van der Waals surface area contributed by atoms with Gasteiger partial charge in [0.25, 0.3) is 0 Å². The quantitative estimate of drug-likeness (QED) is 0.821. The molecule has 3 aliphatic carbocycles. The van der Waals surface area contributed by atoms with Crippen molar-refractivity contribution >= 4 is 5.78 Å². The molecular formula is C23H29NO3. The number of benzene rings is 1. The molecule has 4 unspecified atom stereocenters. The summed E-state index contributed by atoms with van der Waals surface area (Å²) >= 11 is 0. The summed E-state index contributed by atoms with van der Waals surface area (Å²) in [6.45, 7) is 4.47. The van der Waals surface area contributed by atoms with E-state index in [4.69, 9.17) is 9.47 Å². The van der Waals surface area contributed by atoms with Crippen LogP contribution in [0, 0.1) is 17.8 Å². The predicted molar refractivity (Wildman–Crippen MR) is 102 cm³/mol. The Morgan fingerprint density at radius 3 is 2.93 bits per heavy atom. The lowest BCUT2D eigenvalue weighted by molar-refractivity contribution is -0.145. The second-order valence-corrected chi connectivity index (χ2v) is 9.63. The number of nitrogens with zero attached hydrogens (tertiary/aromatic N) is 1. The van der Waals surface area contributed by atoms with Crippen molar-refractivity contribution in [3.63, 3.8) is 0 Å². The first-order valence-corrected chi connectivity index (χ1v) is 10.8. The molecule has 4 heteroatoms. The van der Waals surface area contributed by atoms with Gasteiger partial charge in [0.05, 0.1) is 7.11 Å². The topological polar surface area (TPSA) is 38.8 Å². The molecule has 0 amide bonds. The predicted octanol–water partition coefficient (Wildman–Crippen LogP) is 3.35. The molecule has 27 heavy (non-hydrogen) atoms. The summed E-state index contributed by atoms with van der Waals surface area (Å²) in [4.78, 5) is 16.0. The fourth-order valence-corrected chi connectivity index (χ4v) is 7.00. The zero-order chi connectivity index (χ0) is 18.3. The van der Waals surface area contributed by atoms with E-state index < -0.39 is 0 Å². The van der Waals surface area contributed by atoms with Gasteiger partial charge in [0.15, 0.2) is 23.4 Å². The Hall–Kier alpha value is -1.55. The zero-order valence-electron chi connectivity index (χ0n) is 16.4. The van der Waals surface area contributed by atoms with Crippen LogP contribution in [0.25, 0.3) is 0 Å². The van der Waals surface area contributed by atoms with E-state index >= 15 is 0 Å². The number of ether oxygens (including phenoxy) is 2. The lowest BCUT2D eigenvalue weighted by Crippen LogP contribution is -2.67. The van der Waals surface area contributed by atoms with Crippen molar-refractivity contribution in [1.29, 1.82) is 0 Å². The molecule has 1 spiro atoms. The molecule has 1 aromatic rings. The van der Waals surface area contributed by atoms with Crippen molar-refractivity contribution in [2.24, 2.45) is 17.8 Å². The van der Waals surface area contributed by atoms with E-state index in [2.05, 4.69) is 17.9 Å². The number of methoxy groups -OCH3 is 1. The van der Waals surface area contributed by atoms with E-state index in [1.165, 1.54) is 36.9 Å². The molecule has 1 aromatic carbocycles. The Labute approximate surface area is 161 Å². The highest BCUT2D eigenvalue weighted by atomic mass is 16.5. The SMILES string of the molecule is COc1ccc2c3c1OC1C(=O)[C@@H](C)CC4C(C2)N(CC2CCC2)CCC314. The van der Waals surface area contributed by atoms with Gasteiger partial charge >= 0.3 is 0 Å². The summed E-state index contributed by atoms with van der Waals surface area (Å²) in [6.07, 6.45) is 7.07. The van der Waals surface area contributed by atoms with Crippen molar-refractivity contribution in [2.45, 2.75) is 63.0 Å². The van der Waals surface area contributed by atoms with E-state index in [1.807, 2.05) is 6.07 Å². The van der Waals surface area contributed by atoms with Gasteiger partial charge in [0.2, 0.25) is 0 Å². The van der Waals surface area contributed by atoms with Gasteiger partial charge in [-0.3, -0.25) is 9.69 Å². The average Bonchev–Trinajstić information content (AvgIpc) is 2.97. The van der Waals surface area contributed by atoms with Gasteiger partial charge in [-0.25, -0.2) is 0 Å². The van der Waals surface area contributed by atoms with Crippen molar-refractivity contribution in [2.75, 3.05) is 20.2 Å². The van der Waals surface area contributed by atoms with Crippen LogP contribution in [0.15, 0.2) is 12.1 Å². The van der Waals surface area contributed by atoms with E-state index in [0.29, 0.717) is 17.7 Å². The van der Waals surface area contributed by atoms with Gasteiger partial charge in [-0.2, -0.15) is 0 Å². The van der Waals surface area contributed by atoms with Gasteiger partial charge in [-0.05, 0) is 62.1 Å². The first-order valence-electron chi connectivity index (χ1n) is 10.8. The highest BCUT2D eigenvalue weighted by molar-refractivity contribution is 5.90. The van der Waals surface area contributed by atoms with Crippen LogP contribution in [-0.2, 0) is 16.6 Å². The van der Waals surface area contributed by atoms with Crippen LogP contribution in [0.5, 0.6) is 11.5 Å². The van der Waals surface area contributed by atoms with E-state index in [0.717, 1.165) is 43.2 Å². The zero-order valence-corrected chi connectivity index (χ0v) is 16.4. The average molecular weight is 367 g/mol. The van der Waals surface area contributed by atoms with Crippen LogP contribution in [0.4, 0.5) is 0 Å². The summed E-state index contributed by atoms with van der Waals surface area (Å²) in [5.41, 5.74) is 2.62. The largest absolute Gasteiger partial charge is 0.493 e. The van der Waals surface area contributed by atoms with Crippen LogP contribution >= 0.6 is 0 Å². The first-order chi connectivity index (χ1) is 13.1. The Balaban J connectivity index is 1.49. The summed E-state index contributed by atoms with van der Waals surface area (Å²) < 4.78 is 12.1. The highest BCUT2D eigenvalue weighted by Gasteiger charge is 2.67. The van der Waals surface area contributed by atoms with Crippen molar-refractivity contribution in [1.82, 2.24) is 4.90 Å². The minimum atomic E-state index is -0.301. The van der Waals surface area contributed by atoms with Gasteiger partial charge in [0, 0.05) is 29.5 Å². The smallest absolute Gasteiger partial charge is 0.177 e. The minimum absolute atomic E-state index is 0.0983. The number of ketones is 1. The molecule has 5 aliphatic rings. The molecule has 6 rings (SSSR count). The number of carbonyl (C=O) groups is 1. The molecule has 2 bridgehead atoms. The molecule has 2 aliphatic heterocycles. The first kappa shape index (κ1) is 16.4. The molecule has 2 saturated carbocycles. The number of carbonyl (C=O) groups excluding carboxylic acids is 1. The summed E-state index contributed by atoms with van der Waals surface area (Å²) in [7, 11) is 1.70. The molecule has 0 radical (unpaired) electrons. The summed E-state index contributed by atoms with van der Waals surface area (Å²) in [5, 5.41) is 0. The lowest BCUT2D eigenvalue weighted by Gasteiger charge is -2.59. The Morgan fingerprint density at radius 2 is 2.19 bits per heavy atom. The van der Waals surface area contributed by atoms with E-state index in [-0.39, 0.29) is 17.4 Å². The lowest BCUT2D eigenvalue weighted by atomic mass is 9.50. The maximum absolute atomic E-state index is 13.2. The maximum atomic E-state index is 13.2. The van der Waals surface area contributed by atoms with Crippen LogP contribution < -0.4 is 9.47 Å². The summed E-state index contributed by atoms with van der Waals surface area (Å²) in [6, 6.07) is 4.85. The second kappa shape index (κ2) is 5.50. The molecule has 144 valence electrons. The second-order valence-electron chi connectivity index (χ2n) is 9.63. The molecular weight excluding hydrogens is 338 g/mol. The third-order valence-corrected chi connectivity index (χ3v) is 8.50. The Kier molecular flexibility index (Phi) is 3.34. The molecule has 0 N–H and O–H groups in total. The van der Waals surface area contributed by atoms with Crippen molar-refractivity contribution < 1.29 is 14.3 Å². The van der Waals surface area contributed by atoms with Crippen molar-refractivity contribution in [3.8, 4) is 11.5 Å². The monoisotopic (exact) mass is 367 g/mol. The fourth-order valence-electron chi connectivity index (χ4n) is 7.00. The molecule has 3 fully saturated rings. The van der Waals surface area contributed by atoms with Crippen LogP contribution in [0.3, 0.4) is 0 Å². The molecule has 5 atom stereocenters. The normalized spacial score (nSPS) is 39.6. The van der Waals surface area contributed by atoms with Gasteiger partial charge in [0.1, 0.15) is 0 Å². The molecule has 4 nitrogen and oxygen atoms in total. The van der Waals surface area contributed by atoms with Crippen molar-refractivity contribution in [3.05, 3.63) is 23.3 Å². The number of likely N-dealkylation sites (tertiary alicyclic amines) is 1.